The van der Waals surface area contributed by atoms with Gasteiger partial charge in [0.15, 0.2) is 0 Å². The largest absolute Gasteiger partial charge is 0.327 e. The van der Waals surface area contributed by atoms with Gasteiger partial charge in [-0.05, 0) is 31.2 Å². The van der Waals surface area contributed by atoms with Crippen molar-refractivity contribution in [3.05, 3.63) is 35.9 Å². The Balaban J connectivity index is 2.16. The van der Waals surface area contributed by atoms with E-state index in [0.29, 0.717) is 30.0 Å². The fraction of sp³-hybridized carbons (Fsp3) is 0.625. The van der Waals surface area contributed by atoms with Crippen molar-refractivity contribution in [2.24, 2.45) is 17.6 Å². The van der Waals surface area contributed by atoms with Gasteiger partial charge in [-0.2, -0.15) is 0 Å². The highest BCUT2D eigenvalue weighted by Gasteiger charge is 2.39. The maximum Gasteiger partial charge on any atom is 0.0239 e. The lowest BCUT2D eigenvalue weighted by atomic mass is 9.77. The Morgan fingerprint density at radius 1 is 0.944 bits per heavy atom. The molecule has 0 radical (unpaired) electrons. The van der Waals surface area contributed by atoms with Crippen LogP contribution in [0.2, 0.25) is 0 Å². The van der Waals surface area contributed by atoms with Crippen molar-refractivity contribution in [2.75, 3.05) is 0 Å². The Morgan fingerprint density at radius 3 is 1.94 bits per heavy atom. The van der Waals surface area contributed by atoms with E-state index in [-0.39, 0.29) is 0 Å². The van der Waals surface area contributed by atoms with Crippen molar-refractivity contribution < 1.29 is 0 Å². The van der Waals surface area contributed by atoms with Crippen molar-refractivity contribution in [1.82, 2.24) is 4.90 Å². The van der Waals surface area contributed by atoms with Crippen LogP contribution < -0.4 is 5.73 Å². The van der Waals surface area contributed by atoms with Crippen LogP contribution in [0, 0.1) is 11.8 Å². The molecule has 1 unspecified atom stereocenters. The molecule has 0 saturated carbocycles. The van der Waals surface area contributed by atoms with Crippen LogP contribution in [0.1, 0.15) is 33.3 Å². The molecule has 0 bridgehead atoms. The number of nitrogens with zero attached hydrogens (tertiary/aromatic N) is 1. The predicted molar refractivity (Wildman–Crippen MR) is 77.2 cm³/mol. The maximum atomic E-state index is 6.33. The first-order valence-corrected chi connectivity index (χ1v) is 7.07. The fourth-order valence-corrected chi connectivity index (χ4v) is 3.18. The first kappa shape index (κ1) is 13.6. The molecule has 2 rings (SSSR count). The molecule has 1 aliphatic rings. The van der Waals surface area contributed by atoms with Crippen LogP contribution in [0.25, 0.3) is 0 Å². The van der Waals surface area contributed by atoms with E-state index in [1.807, 2.05) is 0 Å². The van der Waals surface area contributed by atoms with E-state index in [0.717, 1.165) is 6.54 Å². The second-order valence-corrected chi connectivity index (χ2v) is 5.93. The van der Waals surface area contributed by atoms with E-state index in [1.54, 1.807) is 0 Å². The van der Waals surface area contributed by atoms with Crippen molar-refractivity contribution in [2.45, 2.75) is 52.4 Å². The van der Waals surface area contributed by atoms with E-state index in [4.69, 9.17) is 5.73 Å². The minimum absolute atomic E-state index is 0.321. The lowest BCUT2D eigenvalue weighted by Gasteiger charge is -2.49. The van der Waals surface area contributed by atoms with E-state index in [9.17, 15) is 0 Å². The SMILES string of the molecule is C[C@@H]1C(N)[C@H](C)[C@H](C)N(Cc2ccccc2)[C@@H]1C. The van der Waals surface area contributed by atoms with Gasteiger partial charge in [0, 0.05) is 24.7 Å². The normalized spacial score (nSPS) is 37.7. The Kier molecular flexibility index (Phi) is 4.08. The van der Waals surface area contributed by atoms with Crippen LogP contribution in [0.15, 0.2) is 30.3 Å². The average molecular weight is 246 g/mol. The maximum absolute atomic E-state index is 6.33. The number of hydrogen-bond donors (Lipinski definition) is 1. The molecule has 1 fully saturated rings. The van der Waals surface area contributed by atoms with Crippen LogP contribution in [0.5, 0.6) is 0 Å². The van der Waals surface area contributed by atoms with Gasteiger partial charge in [-0.25, -0.2) is 0 Å². The van der Waals surface area contributed by atoms with Crippen LogP contribution in [0.3, 0.4) is 0 Å². The molecule has 0 aliphatic carbocycles. The molecule has 100 valence electrons. The van der Waals surface area contributed by atoms with Gasteiger partial charge in [-0.15, -0.1) is 0 Å². The van der Waals surface area contributed by atoms with Gasteiger partial charge in [-0.3, -0.25) is 4.90 Å². The first-order chi connectivity index (χ1) is 8.52. The van der Waals surface area contributed by atoms with Crippen molar-refractivity contribution in [3.63, 3.8) is 0 Å². The summed E-state index contributed by atoms with van der Waals surface area (Å²) < 4.78 is 0. The molecule has 2 heteroatoms. The number of rotatable bonds is 2. The van der Waals surface area contributed by atoms with Crippen LogP contribution in [0.4, 0.5) is 0 Å². The van der Waals surface area contributed by atoms with Gasteiger partial charge in [-0.1, -0.05) is 44.2 Å². The summed E-state index contributed by atoms with van der Waals surface area (Å²) >= 11 is 0. The summed E-state index contributed by atoms with van der Waals surface area (Å²) in [5.41, 5.74) is 7.73. The van der Waals surface area contributed by atoms with Crippen molar-refractivity contribution in [3.8, 4) is 0 Å². The third-order valence-corrected chi connectivity index (χ3v) is 4.99. The van der Waals surface area contributed by atoms with E-state index < -0.39 is 0 Å². The lowest BCUT2D eigenvalue weighted by Crippen LogP contribution is -2.59. The van der Waals surface area contributed by atoms with Gasteiger partial charge >= 0.3 is 0 Å². The zero-order chi connectivity index (χ0) is 13.3. The molecular formula is C16H26N2. The minimum atomic E-state index is 0.321. The van der Waals surface area contributed by atoms with Gasteiger partial charge in [0.25, 0.3) is 0 Å². The summed E-state index contributed by atoms with van der Waals surface area (Å²) in [5, 5.41) is 0. The molecule has 5 atom stereocenters. The topological polar surface area (TPSA) is 29.3 Å². The van der Waals surface area contributed by atoms with E-state index in [2.05, 4.69) is 62.9 Å². The average Bonchev–Trinajstić information content (AvgIpc) is 2.40. The molecule has 1 aromatic rings. The molecule has 18 heavy (non-hydrogen) atoms. The van der Waals surface area contributed by atoms with Crippen LogP contribution in [-0.4, -0.2) is 23.0 Å². The standard InChI is InChI=1S/C16H26N2/c1-11-13(3)18(14(4)12(2)16(11)17)10-15-8-6-5-7-9-15/h5-9,11-14,16H,10,17H2,1-4H3/t11-,12+,13+,14-,16?. The van der Waals surface area contributed by atoms with Gasteiger partial charge in [0.1, 0.15) is 0 Å². The number of nitrogens with two attached hydrogens (primary N) is 1. The second-order valence-electron chi connectivity index (χ2n) is 5.93. The summed E-state index contributed by atoms with van der Waals surface area (Å²) in [6.45, 7) is 10.2. The summed E-state index contributed by atoms with van der Waals surface area (Å²) in [4.78, 5) is 2.61. The monoisotopic (exact) mass is 246 g/mol. The highest BCUT2D eigenvalue weighted by atomic mass is 15.2. The highest BCUT2D eigenvalue weighted by molar-refractivity contribution is 5.15. The molecule has 1 heterocycles. The summed E-state index contributed by atoms with van der Waals surface area (Å²) in [6, 6.07) is 12.2. The molecule has 0 amide bonds. The van der Waals surface area contributed by atoms with Crippen molar-refractivity contribution in [1.29, 1.82) is 0 Å². The van der Waals surface area contributed by atoms with Gasteiger partial charge in [0.05, 0.1) is 0 Å². The summed E-state index contributed by atoms with van der Waals surface area (Å²) in [7, 11) is 0. The summed E-state index contributed by atoms with van der Waals surface area (Å²) in [6.07, 6.45) is 0. The van der Waals surface area contributed by atoms with Crippen LogP contribution >= 0.6 is 0 Å². The lowest BCUT2D eigenvalue weighted by molar-refractivity contribution is 0.00588. The Labute approximate surface area is 111 Å². The Morgan fingerprint density at radius 2 is 1.44 bits per heavy atom. The molecule has 0 spiro atoms. The quantitative estimate of drug-likeness (QED) is 0.869. The molecular weight excluding hydrogens is 220 g/mol. The van der Waals surface area contributed by atoms with E-state index in [1.165, 1.54) is 5.56 Å². The molecule has 1 aliphatic heterocycles. The third-order valence-electron chi connectivity index (χ3n) is 4.99. The highest BCUT2D eigenvalue weighted by Crippen LogP contribution is 2.32. The van der Waals surface area contributed by atoms with Gasteiger partial charge < -0.3 is 5.73 Å². The number of benzene rings is 1. The molecule has 2 N–H and O–H groups in total. The molecule has 0 aromatic heterocycles. The van der Waals surface area contributed by atoms with E-state index >= 15 is 0 Å². The van der Waals surface area contributed by atoms with Crippen molar-refractivity contribution >= 4 is 0 Å². The first-order valence-electron chi connectivity index (χ1n) is 7.07. The number of piperidine rings is 1. The Bertz CT molecular complexity index is 360. The zero-order valence-corrected chi connectivity index (χ0v) is 12.0. The second kappa shape index (κ2) is 5.41. The fourth-order valence-electron chi connectivity index (χ4n) is 3.18. The van der Waals surface area contributed by atoms with Gasteiger partial charge in [0.2, 0.25) is 0 Å². The van der Waals surface area contributed by atoms with Crippen LogP contribution in [-0.2, 0) is 6.54 Å². The Hall–Kier alpha value is -0.860. The summed E-state index contributed by atoms with van der Waals surface area (Å²) in [5.74, 6) is 1.11. The minimum Gasteiger partial charge on any atom is -0.327 e. The molecule has 1 saturated heterocycles. The number of hydrogen-bond acceptors (Lipinski definition) is 2. The predicted octanol–water partition coefficient (Wildman–Crippen LogP) is 2.88. The third kappa shape index (κ3) is 2.45. The smallest absolute Gasteiger partial charge is 0.0239 e. The molecule has 2 nitrogen and oxygen atoms in total. The number of likely N-dealkylation sites (tertiary alicyclic amines) is 1. The molecule has 1 aromatic carbocycles. The zero-order valence-electron chi connectivity index (χ0n) is 12.0.